The van der Waals surface area contributed by atoms with E-state index < -0.39 is 92.9 Å². The van der Waals surface area contributed by atoms with Crippen molar-refractivity contribution in [1.82, 2.24) is 20.4 Å². The second kappa shape index (κ2) is 24.2. The highest BCUT2D eigenvalue weighted by atomic mass is 16.7. The molecule has 0 aromatic rings. The number of hydrogen-bond donors (Lipinski definition) is 10. The standard InChI is InChI=1S/C31H56N4O15/c1-4-5-6-7-8-9-10-11-22(40)35(14-12-32-21(39)18-48-31(47)34(2)3)15-13-33-29(46)26(44)25(43)28(19(38)16-36)50-30-27(45)24(42)23(41)20(17-37)49-30/h4,19-20,23-28,30,36-38,41-45H,1,5-18H2,2-3H3,(H,32,39)(H,33,46)/t19?,20?,23-,24-,25?,26?,27?,28?,30-/m0/s1. The van der Waals surface area contributed by atoms with Gasteiger partial charge in [0.1, 0.15) is 42.7 Å². The minimum Gasteiger partial charge on any atom is -0.439 e. The molecular formula is C31H56N4O15. The first kappa shape index (κ1) is 45.0. The molecule has 1 rings (SSSR count). The van der Waals surface area contributed by atoms with Crippen molar-refractivity contribution in [3.63, 3.8) is 0 Å². The Kier molecular flexibility index (Phi) is 21.8. The second-order valence-corrected chi connectivity index (χ2v) is 12.0. The average molecular weight is 725 g/mol. The van der Waals surface area contributed by atoms with E-state index in [1.54, 1.807) is 0 Å². The van der Waals surface area contributed by atoms with Crippen molar-refractivity contribution in [2.75, 3.05) is 60.1 Å². The van der Waals surface area contributed by atoms with Gasteiger partial charge in [-0.2, -0.15) is 0 Å². The molecule has 290 valence electrons. The SMILES string of the molecule is C=CCCCCCCCC(=O)N(CCNC(=O)COC(=O)N(C)C)CCNC(=O)C(O)C(O)C(O[C@@H]1OC(CO)[C@H](O)[C@H](O)C1O)C(O)CO. The number of nitrogens with one attached hydrogen (secondary N) is 2. The number of rotatable bonds is 24. The number of ether oxygens (including phenoxy) is 3. The minimum atomic E-state index is -2.28. The summed E-state index contributed by atoms with van der Waals surface area (Å²) < 4.78 is 15.3. The van der Waals surface area contributed by atoms with Crippen LogP contribution in [0.4, 0.5) is 4.79 Å². The summed E-state index contributed by atoms with van der Waals surface area (Å²) in [6, 6.07) is 0. The molecular weight excluding hydrogens is 668 g/mol. The monoisotopic (exact) mass is 724 g/mol. The summed E-state index contributed by atoms with van der Waals surface area (Å²) in [5.74, 6) is -2.02. The summed E-state index contributed by atoms with van der Waals surface area (Å²) in [7, 11) is 2.91. The van der Waals surface area contributed by atoms with Gasteiger partial charge >= 0.3 is 6.09 Å². The lowest BCUT2D eigenvalue weighted by atomic mass is 9.98. The smallest absolute Gasteiger partial charge is 0.409 e. The molecule has 10 N–H and O–H groups in total. The summed E-state index contributed by atoms with van der Waals surface area (Å²) in [6.45, 7) is 1.07. The van der Waals surface area contributed by atoms with Crippen molar-refractivity contribution >= 4 is 23.8 Å². The number of unbranched alkanes of at least 4 members (excludes halogenated alkanes) is 5. The van der Waals surface area contributed by atoms with E-state index in [0.29, 0.717) is 6.42 Å². The van der Waals surface area contributed by atoms with Crippen LogP contribution in [0.15, 0.2) is 12.7 Å². The van der Waals surface area contributed by atoms with Crippen LogP contribution in [0.1, 0.15) is 44.9 Å². The van der Waals surface area contributed by atoms with E-state index in [0.717, 1.165) is 37.0 Å². The maximum atomic E-state index is 13.0. The number of carbonyl (C=O) groups excluding carboxylic acids is 4. The Morgan fingerprint density at radius 2 is 1.52 bits per heavy atom. The maximum Gasteiger partial charge on any atom is 0.409 e. The molecule has 1 fully saturated rings. The highest BCUT2D eigenvalue weighted by Gasteiger charge is 2.47. The number of allylic oxidation sites excluding steroid dienone is 1. The third-order valence-corrected chi connectivity index (χ3v) is 7.86. The first-order valence-electron chi connectivity index (χ1n) is 16.6. The second-order valence-electron chi connectivity index (χ2n) is 12.0. The first-order valence-corrected chi connectivity index (χ1v) is 16.6. The molecule has 0 radical (unpaired) electrons. The van der Waals surface area contributed by atoms with E-state index in [4.69, 9.17) is 14.2 Å². The Balaban J connectivity index is 2.82. The number of hydrogen-bond acceptors (Lipinski definition) is 15. The third kappa shape index (κ3) is 15.5. The lowest BCUT2D eigenvalue weighted by Gasteiger charge is -2.42. The largest absolute Gasteiger partial charge is 0.439 e. The van der Waals surface area contributed by atoms with Crippen molar-refractivity contribution in [3.8, 4) is 0 Å². The van der Waals surface area contributed by atoms with Crippen molar-refractivity contribution in [2.45, 2.75) is 100 Å². The topological polar surface area (TPSA) is 288 Å². The molecule has 0 aromatic heterocycles. The zero-order chi connectivity index (χ0) is 37.8. The van der Waals surface area contributed by atoms with E-state index in [1.807, 2.05) is 6.08 Å². The Hall–Kier alpha value is -2.98. The fraction of sp³-hybridized carbons (Fsp3) is 0.806. The molecule has 0 bridgehead atoms. The quantitative estimate of drug-likeness (QED) is 0.0335. The summed E-state index contributed by atoms with van der Waals surface area (Å²) in [5, 5.41) is 85.5. The molecule has 19 heteroatoms. The Labute approximate surface area is 291 Å². The van der Waals surface area contributed by atoms with Gasteiger partial charge in [-0.1, -0.05) is 25.3 Å². The minimum absolute atomic E-state index is 0.00303. The molecule has 0 aromatic carbocycles. The van der Waals surface area contributed by atoms with Crippen LogP contribution in [0.25, 0.3) is 0 Å². The predicted octanol–water partition coefficient (Wildman–Crippen LogP) is -4.08. The van der Waals surface area contributed by atoms with Crippen molar-refractivity contribution in [2.24, 2.45) is 0 Å². The van der Waals surface area contributed by atoms with Gasteiger partial charge in [-0.3, -0.25) is 14.4 Å². The zero-order valence-electron chi connectivity index (χ0n) is 28.7. The van der Waals surface area contributed by atoms with E-state index in [2.05, 4.69) is 17.2 Å². The molecule has 4 amide bonds. The Morgan fingerprint density at radius 1 is 0.900 bits per heavy atom. The zero-order valence-corrected chi connectivity index (χ0v) is 28.7. The Morgan fingerprint density at radius 3 is 2.12 bits per heavy atom. The van der Waals surface area contributed by atoms with Gasteiger partial charge in [0, 0.05) is 46.7 Å². The number of nitrogens with zero attached hydrogens (tertiary/aromatic N) is 2. The van der Waals surface area contributed by atoms with E-state index >= 15 is 0 Å². The molecule has 9 atom stereocenters. The third-order valence-electron chi connectivity index (χ3n) is 7.86. The van der Waals surface area contributed by atoms with Crippen LogP contribution in [0.3, 0.4) is 0 Å². The average Bonchev–Trinajstić information content (AvgIpc) is 3.10. The summed E-state index contributed by atoms with van der Waals surface area (Å²) in [4.78, 5) is 52.0. The Bertz CT molecular complexity index is 1040. The van der Waals surface area contributed by atoms with Crippen LogP contribution in [0, 0.1) is 0 Å². The lowest BCUT2D eigenvalue weighted by molar-refractivity contribution is -0.326. The van der Waals surface area contributed by atoms with Crippen molar-refractivity contribution < 1.29 is 74.2 Å². The van der Waals surface area contributed by atoms with E-state index in [9.17, 15) is 60.0 Å². The molecule has 1 aliphatic heterocycles. The molecule has 0 aliphatic carbocycles. The summed E-state index contributed by atoms with van der Waals surface area (Å²) in [5.41, 5.74) is 0. The fourth-order valence-corrected chi connectivity index (χ4v) is 4.84. The lowest BCUT2D eigenvalue weighted by Crippen LogP contribution is -2.62. The molecule has 1 heterocycles. The van der Waals surface area contributed by atoms with Gasteiger partial charge in [0.2, 0.25) is 5.91 Å². The summed E-state index contributed by atoms with van der Waals surface area (Å²) in [6.07, 6.45) is -10.6. The molecule has 50 heavy (non-hydrogen) atoms. The van der Waals surface area contributed by atoms with Crippen LogP contribution >= 0.6 is 0 Å². The van der Waals surface area contributed by atoms with Crippen molar-refractivity contribution in [1.29, 1.82) is 0 Å². The van der Waals surface area contributed by atoms with Crippen LogP contribution in [0.2, 0.25) is 0 Å². The molecule has 0 spiro atoms. The van der Waals surface area contributed by atoms with E-state index in [1.165, 1.54) is 19.0 Å². The summed E-state index contributed by atoms with van der Waals surface area (Å²) >= 11 is 0. The number of aliphatic hydroxyl groups is 8. The molecule has 6 unspecified atom stereocenters. The van der Waals surface area contributed by atoms with Gasteiger partial charge in [0.25, 0.3) is 11.8 Å². The van der Waals surface area contributed by atoms with Crippen LogP contribution in [0.5, 0.6) is 0 Å². The highest BCUT2D eigenvalue weighted by molar-refractivity contribution is 5.81. The van der Waals surface area contributed by atoms with Gasteiger partial charge in [-0.15, -0.1) is 6.58 Å². The van der Waals surface area contributed by atoms with Gasteiger partial charge in [-0.25, -0.2) is 4.79 Å². The molecule has 1 aliphatic rings. The molecule has 19 nitrogen and oxygen atoms in total. The van der Waals surface area contributed by atoms with Crippen LogP contribution in [-0.4, -0.2) is 190 Å². The van der Waals surface area contributed by atoms with Gasteiger partial charge in [-0.05, 0) is 19.3 Å². The number of amides is 4. The highest BCUT2D eigenvalue weighted by Crippen LogP contribution is 2.25. The maximum absolute atomic E-state index is 13.0. The predicted molar refractivity (Wildman–Crippen MR) is 174 cm³/mol. The number of carbonyl (C=O) groups is 4. The van der Waals surface area contributed by atoms with Gasteiger partial charge in [0.15, 0.2) is 19.0 Å². The molecule has 0 saturated carbocycles. The normalized spacial score (nSPS) is 22.8. The van der Waals surface area contributed by atoms with Crippen molar-refractivity contribution in [3.05, 3.63) is 12.7 Å². The van der Waals surface area contributed by atoms with Gasteiger partial charge in [0.05, 0.1) is 13.2 Å². The van der Waals surface area contributed by atoms with Crippen LogP contribution < -0.4 is 10.6 Å². The van der Waals surface area contributed by atoms with Crippen LogP contribution in [-0.2, 0) is 28.6 Å². The number of aliphatic hydroxyl groups excluding tert-OH is 8. The fourth-order valence-electron chi connectivity index (χ4n) is 4.84. The van der Waals surface area contributed by atoms with Gasteiger partial charge < -0.3 is 75.5 Å². The first-order chi connectivity index (χ1) is 23.7. The van der Waals surface area contributed by atoms with E-state index in [-0.39, 0.29) is 38.5 Å². The molecule has 1 saturated heterocycles.